The molecule has 0 aliphatic carbocycles. The van der Waals surface area contributed by atoms with Gasteiger partial charge in [0.25, 0.3) is 0 Å². The molecule has 0 saturated carbocycles. The molecule has 0 saturated heterocycles. The molecule has 0 spiro atoms. The molecule has 1 N–H and O–H groups in total. The van der Waals surface area contributed by atoms with Gasteiger partial charge in [0.05, 0.1) is 0 Å². The van der Waals surface area contributed by atoms with E-state index in [0.717, 1.165) is 22.6 Å². The van der Waals surface area contributed by atoms with Crippen molar-refractivity contribution in [1.82, 2.24) is 14.5 Å². The number of hydrogen-bond acceptors (Lipinski definition) is 3. The molecule has 0 bridgehead atoms. The Bertz CT molecular complexity index is 931. The third kappa shape index (κ3) is 2.02. The van der Waals surface area contributed by atoms with E-state index in [1.165, 1.54) is 0 Å². The van der Waals surface area contributed by atoms with Gasteiger partial charge in [-0.15, -0.1) is 0 Å². The highest BCUT2D eigenvalue weighted by Crippen LogP contribution is 2.28. The van der Waals surface area contributed by atoms with E-state index in [2.05, 4.69) is 9.97 Å². The van der Waals surface area contributed by atoms with Gasteiger partial charge in [0.2, 0.25) is 5.88 Å². The van der Waals surface area contributed by atoms with Crippen LogP contribution in [0.25, 0.3) is 28.2 Å². The van der Waals surface area contributed by atoms with Crippen molar-refractivity contribution in [3.8, 4) is 23.0 Å². The van der Waals surface area contributed by atoms with Gasteiger partial charge < -0.3 is 5.11 Å². The average Bonchev–Trinajstić information content (AvgIpc) is 2.95. The SMILES string of the molecule is Oc1ccc2nc(-c3ccccc3)n(-c3ccccc3)c2n1. The van der Waals surface area contributed by atoms with Crippen molar-refractivity contribution >= 4 is 11.2 Å². The molecule has 106 valence electrons. The Hall–Kier alpha value is -3.14. The average molecular weight is 287 g/mol. The first-order valence-electron chi connectivity index (χ1n) is 7.02. The quantitative estimate of drug-likeness (QED) is 0.610. The molecule has 0 fully saturated rings. The summed E-state index contributed by atoms with van der Waals surface area (Å²) in [6.45, 7) is 0. The van der Waals surface area contributed by atoms with Crippen molar-refractivity contribution in [3.05, 3.63) is 72.8 Å². The second kappa shape index (κ2) is 5.00. The second-order valence-electron chi connectivity index (χ2n) is 4.98. The lowest BCUT2D eigenvalue weighted by Gasteiger charge is -2.08. The molecule has 0 unspecified atom stereocenters. The van der Waals surface area contributed by atoms with Gasteiger partial charge in [-0.1, -0.05) is 48.5 Å². The molecule has 2 heterocycles. The number of aromatic nitrogens is 3. The Morgan fingerprint density at radius 3 is 2.14 bits per heavy atom. The number of benzene rings is 2. The van der Waals surface area contributed by atoms with Gasteiger partial charge in [0, 0.05) is 17.3 Å². The number of imidazole rings is 1. The maximum absolute atomic E-state index is 9.73. The summed E-state index contributed by atoms with van der Waals surface area (Å²) in [5.74, 6) is 0.795. The van der Waals surface area contributed by atoms with Crippen molar-refractivity contribution in [2.24, 2.45) is 0 Å². The van der Waals surface area contributed by atoms with E-state index < -0.39 is 0 Å². The van der Waals surface area contributed by atoms with Crippen LogP contribution < -0.4 is 0 Å². The predicted molar refractivity (Wildman–Crippen MR) is 86.0 cm³/mol. The number of para-hydroxylation sites is 1. The van der Waals surface area contributed by atoms with Crippen molar-refractivity contribution in [3.63, 3.8) is 0 Å². The summed E-state index contributed by atoms with van der Waals surface area (Å²) in [7, 11) is 0. The van der Waals surface area contributed by atoms with Crippen LogP contribution in [0.15, 0.2) is 72.8 Å². The van der Waals surface area contributed by atoms with Crippen LogP contribution >= 0.6 is 0 Å². The summed E-state index contributed by atoms with van der Waals surface area (Å²) in [5.41, 5.74) is 3.36. The monoisotopic (exact) mass is 287 g/mol. The Kier molecular flexibility index (Phi) is 2.86. The summed E-state index contributed by atoms with van der Waals surface area (Å²) in [4.78, 5) is 8.94. The second-order valence-corrected chi connectivity index (χ2v) is 4.98. The minimum Gasteiger partial charge on any atom is -0.493 e. The van der Waals surface area contributed by atoms with Gasteiger partial charge in [0.1, 0.15) is 11.3 Å². The van der Waals surface area contributed by atoms with Gasteiger partial charge in [0.15, 0.2) is 5.65 Å². The van der Waals surface area contributed by atoms with E-state index in [1.807, 2.05) is 65.2 Å². The van der Waals surface area contributed by atoms with Gasteiger partial charge in [-0.3, -0.25) is 4.57 Å². The molecular formula is C18H13N3O. The van der Waals surface area contributed by atoms with E-state index in [0.29, 0.717) is 5.65 Å². The van der Waals surface area contributed by atoms with Crippen molar-refractivity contribution in [2.45, 2.75) is 0 Å². The van der Waals surface area contributed by atoms with Gasteiger partial charge >= 0.3 is 0 Å². The summed E-state index contributed by atoms with van der Waals surface area (Å²) in [5, 5.41) is 9.73. The zero-order valence-corrected chi connectivity index (χ0v) is 11.7. The normalized spacial score (nSPS) is 10.9. The Morgan fingerprint density at radius 1 is 0.727 bits per heavy atom. The molecule has 0 aliphatic heterocycles. The summed E-state index contributed by atoms with van der Waals surface area (Å²) in [6, 6.07) is 23.2. The number of fused-ring (bicyclic) bond motifs is 1. The minimum atomic E-state index is -0.0100. The lowest BCUT2D eigenvalue weighted by atomic mass is 10.2. The zero-order chi connectivity index (χ0) is 14.9. The molecule has 2 aromatic carbocycles. The number of pyridine rings is 1. The number of nitrogens with zero attached hydrogens (tertiary/aromatic N) is 3. The molecule has 0 aliphatic rings. The van der Waals surface area contributed by atoms with E-state index in [9.17, 15) is 5.11 Å². The Morgan fingerprint density at radius 2 is 1.41 bits per heavy atom. The fraction of sp³-hybridized carbons (Fsp3) is 0. The molecular weight excluding hydrogens is 274 g/mol. The maximum Gasteiger partial charge on any atom is 0.212 e. The van der Waals surface area contributed by atoms with Crippen LogP contribution in [0.3, 0.4) is 0 Å². The summed E-state index contributed by atoms with van der Waals surface area (Å²) >= 11 is 0. The van der Waals surface area contributed by atoms with Crippen LogP contribution in [0.4, 0.5) is 0 Å². The van der Waals surface area contributed by atoms with Gasteiger partial charge in [-0.2, -0.15) is 4.98 Å². The topological polar surface area (TPSA) is 50.9 Å². The molecule has 0 amide bonds. The molecule has 4 nitrogen and oxygen atoms in total. The number of rotatable bonds is 2. The van der Waals surface area contributed by atoms with Crippen LogP contribution in [0.1, 0.15) is 0 Å². The molecule has 22 heavy (non-hydrogen) atoms. The van der Waals surface area contributed by atoms with E-state index >= 15 is 0 Å². The lowest BCUT2D eigenvalue weighted by molar-refractivity contribution is 0.455. The first kappa shape index (κ1) is 12.6. The minimum absolute atomic E-state index is 0.0100. The summed E-state index contributed by atoms with van der Waals surface area (Å²) < 4.78 is 1.96. The van der Waals surface area contributed by atoms with Gasteiger partial charge in [-0.25, -0.2) is 4.98 Å². The van der Waals surface area contributed by atoms with E-state index in [4.69, 9.17) is 0 Å². The molecule has 4 heteroatoms. The molecule has 4 rings (SSSR count). The molecule has 0 atom stereocenters. The molecule has 0 radical (unpaired) electrons. The van der Waals surface area contributed by atoms with Crippen LogP contribution in [-0.2, 0) is 0 Å². The third-order valence-corrected chi connectivity index (χ3v) is 3.54. The first-order chi connectivity index (χ1) is 10.8. The fourth-order valence-electron chi connectivity index (χ4n) is 2.55. The Labute approximate surface area is 127 Å². The van der Waals surface area contributed by atoms with Crippen molar-refractivity contribution in [1.29, 1.82) is 0 Å². The highest BCUT2D eigenvalue weighted by Gasteiger charge is 2.15. The first-order valence-corrected chi connectivity index (χ1v) is 7.02. The van der Waals surface area contributed by atoms with E-state index in [1.54, 1.807) is 12.1 Å². The highest BCUT2D eigenvalue weighted by molar-refractivity contribution is 5.80. The standard InChI is InChI=1S/C18H13N3O/c22-16-12-11-15-18(20-16)21(14-9-5-2-6-10-14)17(19-15)13-7-3-1-4-8-13/h1-12H,(H,20,22). The fourth-order valence-corrected chi connectivity index (χ4v) is 2.55. The van der Waals surface area contributed by atoms with Crippen LogP contribution in [0.5, 0.6) is 5.88 Å². The predicted octanol–water partition coefficient (Wildman–Crippen LogP) is 3.79. The smallest absolute Gasteiger partial charge is 0.212 e. The van der Waals surface area contributed by atoms with Crippen molar-refractivity contribution in [2.75, 3.05) is 0 Å². The van der Waals surface area contributed by atoms with Gasteiger partial charge in [-0.05, 0) is 18.2 Å². The third-order valence-electron chi connectivity index (χ3n) is 3.54. The summed E-state index contributed by atoms with van der Waals surface area (Å²) in [6.07, 6.45) is 0. The molecule has 4 aromatic rings. The molecule has 2 aromatic heterocycles. The van der Waals surface area contributed by atoms with E-state index in [-0.39, 0.29) is 5.88 Å². The van der Waals surface area contributed by atoms with Crippen LogP contribution in [0, 0.1) is 0 Å². The van der Waals surface area contributed by atoms with Crippen LogP contribution in [-0.4, -0.2) is 19.6 Å². The number of aromatic hydroxyl groups is 1. The number of hydrogen-bond donors (Lipinski definition) is 1. The lowest BCUT2D eigenvalue weighted by Crippen LogP contribution is -1.98. The van der Waals surface area contributed by atoms with Crippen LogP contribution in [0.2, 0.25) is 0 Å². The van der Waals surface area contributed by atoms with Crippen molar-refractivity contribution < 1.29 is 5.11 Å². The zero-order valence-electron chi connectivity index (χ0n) is 11.7. The largest absolute Gasteiger partial charge is 0.493 e. The highest BCUT2D eigenvalue weighted by atomic mass is 16.3. The maximum atomic E-state index is 9.73. The Balaban J connectivity index is 2.08.